The van der Waals surface area contributed by atoms with Crippen LogP contribution in [0.1, 0.15) is 55.8 Å². The van der Waals surface area contributed by atoms with Gasteiger partial charge in [-0.25, -0.2) is 0 Å². The summed E-state index contributed by atoms with van der Waals surface area (Å²) in [4.78, 5) is 23.5. The largest absolute Gasteiger partial charge is 0.493 e. The number of carbonyl (C=O) groups is 2. The summed E-state index contributed by atoms with van der Waals surface area (Å²) < 4.78 is 10.5. The number of hydrogen-bond acceptors (Lipinski definition) is 4. The van der Waals surface area contributed by atoms with Crippen molar-refractivity contribution in [3.05, 3.63) is 23.8 Å². The Bertz CT molecular complexity index is 597. The second kappa shape index (κ2) is 9.30. The van der Waals surface area contributed by atoms with Gasteiger partial charge in [-0.3, -0.25) is 9.59 Å². The number of primary amides is 1. The Morgan fingerprint density at radius 2 is 1.96 bits per heavy atom. The predicted molar refractivity (Wildman–Crippen MR) is 95.8 cm³/mol. The van der Waals surface area contributed by atoms with E-state index in [9.17, 15) is 9.59 Å². The van der Waals surface area contributed by atoms with E-state index in [4.69, 9.17) is 15.2 Å². The Labute approximate surface area is 149 Å². The number of nitrogens with one attached hydrogen (secondary N) is 1. The molecule has 1 fully saturated rings. The van der Waals surface area contributed by atoms with E-state index in [0.29, 0.717) is 23.0 Å². The van der Waals surface area contributed by atoms with Crippen molar-refractivity contribution >= 4 is 11.8 Å². The van der Waals surface area contributed by atoms with Gasteiger partial charge in [0.2, 0.25) is 0 Å². The van der Waals surface area contributed by atoms with E-state index in [1.165, 1.54) is 39.2 Å². The van der Waals surface area contributed by atoms with Crippen molar-refractivity contribution in [2.24, 2.45) is 11.7 Å². The minimum atomic E-state index is -0.567. The topological polar surface area (TPSA) is 90.6 Å². The van der Waals surface area contributed by atoms with Crippen LogP contribution < -0.4 is 20.5 Å². The van der Waals surface area contributed by atoms with E-state index in [1.807, 2.05) is 0 Å². The number of ether oxygens (including phenoxy) is 2. The summed E-state index contributed by atoms with van der Waals surface area (Å²) >= 11 is 0. The average molecular weight is 348 g/mol. The van der Waals surface area contributed by atoms with Crippen LogP contribution in [-0.4, -0.2) is 31.6 Å². The van der Waals surface area contributed by atoms with Crippen molar-refractivity contribution in [3.8, 4) is 11.5 Å². The van der Waals surface area contributed by atoms with Crippen LogP contribution in [0, 0.1) is 5.92 Å². The number of methoxy groups -OCH3 is 1. The van der Waals surface area contributed by atoms with Crippen LogP contribution in [0.3, 0.4) is 0 Å². The third kappa shape index (κ3) is 5.37. The highest BCUT2D eigenvalue weighted by molar-refractivity contribution is 5.95. The van der Waals surface area contributed by atoms with Gasteiger partial charge in [0.25, 0.3) is 11.8 Å². The van der Waals surface area contributed by atoms with Crippen LogP contribution in [0.5, 0.6) is 11.5 Å². The zero-order valence-electron chi connectivity index (χ0n) is 15.0. The van der Waals surface area contributed by atoms with Gasteiger partial charge in [0.1, 0.15) is 0 Å². The molecule has 2 rings (SSSR count). The number of benzene rings is 1. The molecule has 1 aromatic carbocycles. The molecule has 1 aliphatic carbocycles. The van der Waals surface area contributed by atoms with E-state index in [2.05, 4.69) is 12.2 Å². The number of hydrogen-bond donors (Lipinski definition) is 2. The SMILES string of the molecule is CCC(NC(=O)c1ccc(OCC(N)=O)c(OC)c1)C1CCCCC1. The second-order valence-corrected chi connectivity index (χ2v) is 6.51. The number of amides is 2. The smallest absolute Gasteiger partial charge is 0.255 e. The van der Waals surface area contributed by atoms with Crippen LogP contribution in [0.15, 0.2) is 18.2 Å². The van der Waals surface area contributed by atoms with Gasteiger partial charge in [0, 0.05) is 11.6 Å². The molecule has 1 aliphatic rings. The minimum absolute atomic E-state index is 0.114. The molecule has 0 aromatic heterocycles. The molecular formula is C19H28N2O4. The lowest BCUT2D eigenvalue weighted by atomic mass is 9.83. The van der Waals surface area contributed by atoms with Crippen molar-refractivity contribution < 1.29 is 19.1 Å². The highest BCUT2D eigenvalue weighted by Crippen LogP contribution is 2.30. The Kier molecular flexibility index (Phi) is 7.10. The molecule has 1 saturated carbocycles. The highest BCUT2D eigenvalue weighted by Gasteiger charge is 2.24. The Morgan fingerprint density at radius 1 is 1.24 bits per heavy atom. The molecule has 0 spiro atoms. The molecule has 3 N–H and O–H groups in total. The monoisotopic (exact) mass is 348 g/mol. The van der Waals surface area contributed by atoms with Gasteiger partial charge in [-0.1, -0.05) is 26.2 Å². The van der Waals surface area contributed by atoms with Gasteiger partial charge in [0.05, 0.1) is 7.11 Å². The molecule has 0 heterocycles. The van der Waals surface area contributed by atoms with Crippen molar-refractivity contribution in [1.82, 2.24) is 5.32 Å². The van der Waals surface area contributed by atoms with Gasteiger partial charge < -0.3 is 20.5 Å². The molecule has 2 amide bonds. The predicted octanol–water partition coefficient (Wildman–Crippen LogP) is 2.65. The Morgan fingerprint density at radius 3 is 2.56 bits per heavy atom. The van der Waals surface area contributed by atoms with E-state index in [1.54, 1.807) is 18.2 Å². The summed E-state index contributed by atoms with van der Waals surface area (Å²) in [6.45, 7) is 1.88. The van der Waals surface area contributed by atoms with E-state index in [0.717, 1.165) is 6.42 Å². The minimum Gasteiger partial charge on any atom is -0.493 e. The van der Waals surface area contributed by atoms with Crippen LogP contribution in [0.25, 0.3) is 0 Å². The number of nitrogens with two attached hydrogens (primary N) is 1. The van der Waals surface area contributed by atoms with Gasteiger partial charge in [-0.05, 0) is 43.4 Å². The number of rotatable bonds is 8. The summed E-state index contributed by atoms with van der Waals surface area (Å²) in [5.74, 6) is 0.666. The first kappa shape index (κ1) is 19.1. The summed E-state index contributed by atoms with van der Waals surface area (Å²) in [6, 6.07) is 5.11. The maximum atomic E-state index is 12.6. The normalized spacial score (nSPS) is 16.1. The van der Waals surface area contributed by atoms with Crippen LogP contribution in [0.4, 0.5) is 0 Å². The molecule has 1 unspecified atom stereocenters. The van der Waals surface area contributed by atoms with Crippen molar-refractivity contribution in [2.75, 3.05) is 13.7 Å². The zero-order chi connectivity index (χ0) is 18.2. The van der Waals surface area contributed by atoms with Crippen LogP contribution >= 0.6 is 0 Å². The van der Waals surface area contributed by atoms with E-state index in [-0.39, 0.29) is 18.6 Å². The lowest BCUT2D eigenvalue weighted by Gasteiger charge is -2.30. The second-order valence-electron chi connectivity index (χ2n) is 6.51. The third-order valence-corrected chi connectivity index (χ3v) is 4.77. The zero-order valence-corrected chi connectivity index (χ0v) is 15.0. The molecule has 138 valence electrons. The van der Waals surface area contributed by atoms with Gasteiger partial charge in [-0.15, -0.1) is 0 Å². The standard InChI is InChI=1S/C19H28N2O4/c1-3-15(13-7-5-4-6-8-13)21-19(23)14-9-10-16(17(11-14)24-2)25-12-18(20)22/h9-11,13,15H,3-8,12H2,1-2H3,(H2,20,22)(H,21,23). The van der Waals surface area contributed by atoms with Gasteiger partial charge >= 0.3 is 0 Å². The van der Waals surface area contributed by atoms with Crippen molar-refractivity contribution in [1.29, 1.82) is 0 Å². The van der Waals surface area contributed by atoms with Gasteiger partial charge in [-0.2, -0.15) is 0 Å². The van der Waals surface area contributed by atoms with Crippen molar-refractivity contribution in [3.63, 3.8) is 0 Å². The third-order valence-electron chi connectivity index (χ3n) is 4.77. The summed E-state index contributed by atoms with van der Waals surface area (Å²) in [7, 11) is 1.49. The molecule has 1 aromatic rings. The summed E-state index contributed by atoms with van der Waals surface area (Å²) in [5, 5.41) is 3.16. The van der Waals surface area contributed by atoms with Crippen molar-refractivity contribution in [2.45, 2.75) is 51.5 Å². The number of carbonyl (C=O) groups excluding carboxylic acids is 2. The first-order valence-corrected chi connectivity index (χ1v) is 8.95. The Hall–Kier alpha value is -2.24. The fourth-order valence-electron chi connectivity index (χ4n) is 3.42. The molecule has 0 aliphatic heterocycles. The molecule has 0 radical (unpaired) electrons. The molecule has 1 atom stereocenters. The fraction of sp³-hybridized carbons (Fsp3) is 0.579. The lowest BCUT2D eigenvalue weighted by Crippen LogP contribution is -2.40. The fourth-order valence-corrected chi connectivity index (χ4v) is 3.42. The molecule has 0 bridgehead atoms. The lowest BCUT2D eigenvalue weighted by molar-refractivity contribution is -0.119. The molecule has 6 heteroatoms. The van der Waals surface area contributed by atoms with E-state index < -0.39 is 5.91 Å². The first-order chi connectivity index (χ1) is 12.0. The maximum Gasteiger partial charge on any atom is 0.255 e. The highest BCUT2D eigenvalue weighted by atomic mass is 16.5. The van der Waals surface area contributed by atoms with Crippen LogP contribution in [-0.2, 0) is 4.79 Å². The molecule has 6 nitrogen and oxygen atoms in total. The summed E-state index contributed by atoms with van der Waals surface area (Å²) in [6.07, 6.45) is 7.08. The van der Waals surface area contributed by atoms with Crippen LogP contribution in [0.2, 0.25) is 0 Å². The first-order valence-electron chi connectivity index (χ1n) is 8.95. The van der Waals surface area contributed by atoms with E-state index >= 15 is 0 Å². The van der Waals surface area contributed by atoms with Gasteiger partial charge in [0.15, 0.2) is 18.1 Å². The molecular weight excluding hydrogens is 320 g/mol. The average Bonchev–Trinajstić information content (AvgIpc) is 2.64. The quantitative estimate of drug-likeness (QED) is 0.755. The maximum absolute atomic E-state index is 12.6. The molecule has 25 heavy (non-hydrogen) atoms. The summed E-state index contributed by atoms with van der Waals surface area (Å²) in [5.41, 5.74) is 5.59. The Balaban J connectivity index is 2.05. The molecule has 0 saturated heterocycles.